The van der Waals surface area contributed by atoms with Crippen LogP contribution in [-0.2, 0) is 0 Å². The van der Waals surface area contributed by atoms with Crippen LogP contribution in [0.5, 0.6) is 11.5 Å². The molecular formula is C17H14BrNO4. The Bertz CT molecular complexity index is 816. The number of methoxy groups -OCH3 is 1. The van der Waals surface area contributed by atoms with Gasteiger partial charge in [0.25, 0.3) is 5.70 Å². The quantitative estimate of drug-likeness (QED) is 0.584. The third kappa shape index (κ3) is 2.94. The van der Waals surface area contributed by atoms with Gasteiger partial charge in [-0.3, -0.25) is 10.1 Å². The summed E-state index contributed by atoms with van der Waals surface area (Å²) in [6.07, 6.45) is 0.786. The largest absolute Gasteiger partial charge is 0.496 e. The van der Waals surface area contributed by atoms with Gasteiger partial charge in [0.15, 0.2) is 0 Å². The van der Waals surface area contributed by atoms with Crippen molar-refractivity contribution in [3.05, 3.63) is 73.4 Å². The van der Waals surface area contributed by atoms with Crippen LogP contribution in [0.2, 0.25) is 0 Å². The van der Waals surface area contributed by atoms with Gasteiger partial charge in [0.05, 0.1) is 12.0 Å². The summed E-state index contributed by atoms with van der Waals surface area (Å²) in [6, 6.07) is 10.9. The van der Waals surface area contributed by atoms with Gasteiger partial charge in [0.1, 0.15) is 11.5 Å². The molecule has 6 heteroatoms. The lowest BCUT2D eigenvalue weighted by Crippen LogP contribution is -2.19. The molecular weight excluding hydrogens is 362 g/mol. The van der Waals surface area contributed by atoms with Gasteiger partial charge in [-0.2, -0.15) is 0 Å². The molecule has 0 radical (unpaired) electrons. The van der Waals surface area contributed by atoms with E-state index in [0.717, 1.165) is 10.0 Å². The summed E-state index contributed by atoms with van der Waals surface area (Å²) in [5.74, 6) is 1.29. The molecule has 2 aromatic carbocycles. The van der Waals surface area contributed by atoms with Crippen LogP contribution < -0.4 is 9.47 Å². The molecule has 0 fully saturated rings. The topological polar surface area (TPSA) is 61.6 Å². The maximum Gasteiger partial charge on any atom is 0.291 e. The highest BCUT2D eigenvalue weighted by Crippen LogP contribution is 2.39. The third-order valence-electron chi connectivity index (χ3n) is 3.73. The van der Waals surface area contributed by atoms with E-state index in [9.17, 15) is 10.1 Å². The number of rotatable bonds is 3. The number of nitro groups is 1. The van der Waals surface area contributed by atoms with Crippen molar-refractivity contribution in [2.24, 2.45) is 0 Å². The SMILES string of the molecule is COc1cc(C2Oc3ccc(Br)cc3C=C2[N+](=O)[O-])ccc1C. The minimum Gasteiger partial charge on any atom is -0.496 e. The summed E-state index contributed by atoms with van der Waals surface area (Å²) in [5, 5.41) is 11.5. The van der Waals surface area contributed by atoms with Crippen molar-refractivity contribution < 1.29 is 14.4 Å². The first kappa shape index (κ1) is 15.6. The summed E-state index contributed by atoms with van der Waals surface area (Å²) >= 11 is 3.36. The molecule has 3 rings (SSSR count). The number of ether oxygens (including phenoxy) is 2. The Labute approximate surface area is 141 Å². The van der Waals surface area contributed by atoms with Crippen molar-refractivity contribution >= 4 is 22.0 Å². The molecule has 0 saturated carbocycles. The number of fused-ring (bicyclic) bond motifs is 1. The predicted octanol–water partition coefficient (Wildman–Crippen LogP) is 4.52. The highest BCUT2D eigenvalue weighted by molar-refractivity contribution is 9.10. The van der Waals surface area contributed by atoms with E-state index < -0.39 is 11.0 Å². The van der Waals surface area contributed by atoms with Crippen LogP contribution in [0.25, 0.3) is 6.08 Å². The Balaban J connectivity index is 2.09. The zero-order valence-corrected chi connectivity index (χ0v) is 14.2. The standard InChI is InChI=1S/C17H14BrNO4/c1-10-3-4-11(9-16(10)22-2)17-14(19(20)21)8-12-7-13(18)5-6-15(12)23-17/h3-9,17H,1-2H3. The van der Waals surface area contributed by atoms with E-state index in [1.54, 1.807) is 31.4 Å². The van der Waals surface area contributed by atoms with E-state index in [4.69, 9.17) is 9.47 Å². The minimum atomic E-state index is -0.770. The predicted molar refractivity (Wildman–Crippen MR) is 90.2 cm³/mol. The molecule has 23 heavy (non-hydrogen) atoms. The Morgan fingerprint density at radius 2 is 2.04 bits per heavy atom. The number of hydrogen-bond donors (Lipinski definition) is 0. The maximum absolute atomic E-state index is 11.5. The molecule has 118 valence electrons. The first-order valence-corrected chi connectivity index (χ1v) is 7.75. The van der Waals surface area contributed by atoms with Gasteiger partial charge < -0.3 is 9.47 Å². The molecule has 0 bridgehead atoms. The average molecular weight is 376 g/mol. The molecule has 2 aromatic rings. The second-order valence-electron chi connectivity index (χ2n) is 5.24. The lowest BCUT2D eigenvalue weighted by molar-refractivity contribution is -0.434. The van der Waals surface area contributed by atoms with Crippen LogP contribution in [-0.4, -0.2) is 12.0 Å². The van der Waals surface area contributed by atoms with Gasteiger partial charge in [-0.15, -0.1) is 0 Å². The van der Waals surface area contributed by atoms with E-state index in [1.807, 2.05) is 25.1 Å². The lowest BCUT2D eigenvalue weighted by Gasteiger charge is -2.23. The molecule has 0 amide bonds. The zero-order chi connectivity index (χ0) is 16.6. The minimum absolute atomic E-state index is 0.00139. The normalized spacial score (nSPS) is 16.1. The monoisotopic (exact) mass is 375 g/mol. The molecule has 0 aromatic heterocycles. The van der Waals surface area contributed by atoms with Crippen LogP contribution in [0, 0.1) is 17.0 Å². The van der Waals surface area contributed by atoms with Gasteiger partial charge in [-0.1, -0.05) is 28.1 Å². The van der Waals surface area contributed by atoms with Crippen LogP contribution in [0.15, 0.2) is 46.6 Å². The molecule has 5 nitrogen and oxygen atoms in total. The molecule has 0 spiro atoms. The number of benzene rings is 2. The van der Waals surface area contributed by atoms with Gasteiger partial charge >= 0.3 is 0 Å². The summed E-state index contributed by atoms with van der Waals surface area (Å²) in [6.45, 7) is 1.92. The van der Waals surface area contributed by atoms with E-state index in [-0.39, 0.29) is 5.70 Å². The highest BCUT2D eigenvalue weighted by atomic mass is 79.9. The Morgan fingerprint density at radius 3 is 2.74 bits per heavy atom. The van der Waals surface area contributed by atoms with Gasteiger partial charge in [-0.05, 0) is 36.8 Å². The van der Waals surface area contributed by atoms with Crippen molar-refractivity contribution in [3.8, 4) is 11.5 Å². The van der Waals surface area contributed by atoms with Crippen molar-refractivity contribution in [1.82, 2.24) is 0 Å². The average Bonchev–Trinajstić information content (AvgIpc) is 2.54. The summed E-state index contributed by atoms with van der Waals surface area (Å²) in [4.78, 5) is 11.1. The van der Waals surface area contributed by atoms with Crippen LogP contribution >= 0.6 is 15.9 Å². The molecule has 1 unspecified atom stereocenters. The molecule has 1 atom stereocenters. The number of halogens is 1. The van der Waals surface area contributed by atoms with Crippen molar-refractivity contribution in [3.63, 3.8) is 0 Å². The number of nitrogens with zero attached hydrogens (tertiary/aromatic N) is 1. The molecule has 1 heterocycles. The van der Waals surface area contributed by atoms with E-state index in [1.165, 1.54) is 0 Å². The fraction of sp³-hybridized carbons (Fsp3) is 0.176. The molecule has 1 aliphatic heterocycles. The van der Waals surface area contributed by atoms with E-state index >= 15 is 0 Å². The van der Waals surface area contributed by atoms with Gasteiger partial charge in [0, 0.05) is 21.7 Å². The zero-order valence-electron chi connectivity index (χ0n) is 12.6. The van der Waals surface area contributed by atoms with Crippen LogP contribution in [0.3, 0.4) is 0 Å². The number of hydrogen-bond acceptors (Lipinski definition) is 4. The molecule has 0 N–H and O–H groups in total. The Morgan fingerprint density at radius 1 is 1.26 bits per heavy atom. The van der Waals surface area contributed by atoms with Crippen LogP contribution in [0.4, 0.5) is 0 Å². The smallest absolute Gasteiger partial charge is 0.291 e. The van der Waals surface area contributed by atoms with Crippen molar-refractivity contribution in [2.75, 3.05) is 7.11 Å². The van der Waals surface area contributed by atoms with Crippen molar-refractivity contribution in [2.45, 2.75) is 13.0 Å². The molecule has 0 saturated heterocycles. The number of aryl methyl sites for hydroxylation is 1. The van der Waals surface area contributed by atoms with Gasteiger partial charge in [-0.25, -0.2) is 0 Å². The van der Waals surface area contributed by atoms with E-state index in [2.05, 4.69) is 15.9 Å². The molecule has 0 aliphatic carbocycles. The summed E-state index contributed by atoms with van der Waals surface area (Å²) in [7, 11) is 1.57. The fourth-order valence-corrected chi connectivity index (χ4v) is 2.93. The highest BCUT2D eigenvalue weighted by Gasteiger charge is 2.33. The van der Waals surface area contributed by atoms with Crippen molar-refractivity contribution in [1.29, 1.82) is 0 Å². The second-order valence-corrected chi connectivity index (χ2v) is 6.15. The Kier molecular flexibility index (Phi) is 4.09. The van der Waals surface area contributed by atoms with Gasteiger partial charge in [0.2, 0.25) is 6.10 Å². The summed E-state index contributed by atoms with van der Waals surface area (Å²) in [5.41, 5.74) is 2.33. The maximum atomic E-state index is 11.5. The first-order valence-electron chi connectivity index (χ1n) is 6.96. The third-order valence-corrected chi connectivity index (χ3v) is 4.23. The fourth-order valence-electron chi connectivity index (χ4n) is 2.55. The van der Waals surface area contributed by atoms with Crippen LogP contribution in [0.1, 0.15) is 22.8 Å². The lowest BCUT2D eigenvalue weighted by atomic mass is 9.99. The van der Waals surface area contributed by atoms with E-state index in [0.29, 0.717) is 22.6 Å². The molecule has 1 aliphatic rings. The summed E-state index contributed by atoms with van der Waals surface area (Å²) < 4.78 is 12.0. The second kappa shape index (κ2) is 6.04. The Hall–Kier alpha value is -2.34. The first-order chi connectivity index (χ1) is 11.0.